The predicted molar refractivity (Wildman–Crippen MR) is 54.0 cm³/mol. The van der Waals surface area contributed by atoms with Crippen LogP contribution in [0, 0.1) is 0 Å². The monoisotopic (exact) mass is 241 g/mol. The van der Waals surface area contributed by atoms with Crippen molar-refractivity contribution in [2.24, 2.45) is 0 Å². The SMILES string of the molecule is O=C(OC1CCOC1=O)c1ccc(Cl)nc1. The molecule has 0 spiro atoms. The van der Waals surface area contributed by atoms with Crippen molar-refractivity contribution in [1.29, 1.82) is 0 Å². The highest BCUT2D eigenvalue weighted by Crippen LogP contribution is 2.13. The maximum Gasteiger partial charge on any atom is 0.347 e. The number of rotatable bonds is 2. The summed E-state index contributed by atoms with van der Waals surface area (Å²) in [5, 5.41) is 0.289. The fourth-order valence-electron chi connectivity index (χ4n) is 1.28. The Bertz CT molecular complexity index is 417. The van der Waals surface area contributed by atoms with Crippen molar-refractivity contribution >= 4 is 23.5 Å². The molecule has 84 valence electrons. The fraction of sp³-hybridized carbons (Fsp3) is 0.300. The Hall–Kier alpha value is -1.62. The maximum absolute atomic E-state index is 11.5. The first-order valence-electron chi connectivity index (χ1n) is 4.66. The topological polar surface area (TPSA) is 65.5 Å². The first kappa shape index (κ1) is 10.9. The Morgan fingerprint density at radius 2 is 2.38 bits per heavy atom. The van der Waals surface area contributed by atoms with E-state index < -0.39 is 18.0 Å². The van der Waals surface area contributed by atoms with Crippen molar-refractivity contribution in [1.82, 2.24) is 4.98 Å². The lowest BCUT2D eigenvalue weighted by Crippen LogP contribution is -2.22. The minimum absolute atomic E-state index is 0.254. The zero-order valence-corrected chi connectivity index (χ0v) is 8.94. The number of pyridine rings is 1. The Kier molecular flexibility index (Phi) is 3.05. The molecule has 1 aromatic heterocycles. The summed E-state index contributed by atoms with van der Waals surface area (Å²) in [5.41, 5.74) is 0.254. The molecule has 1 unspecified atom stereocenters. The van der Waals surface area contributed by atoms with Gasteiger partial charge >= 0.3 is 11.9 Å². The van der Waals surface area contributed by atoms with Crippen molar-refractivity contribution in [3.05, 3.63) is 29.0 Å². The van der Waals surface area contributed by atoms with Crippen LogP contribution in [0.15, 0.2) is 18.3 Å². The Morgan fingerprint density at radius 1 is 1.56 bits per heavy atom. The molecule has 1 aliphatic heterocycles. The summed E-state index contributed by atoms with van der Waals surface area (Å²) >= 11 is 5.57. The second-order valence-electron chi connectivity index (χ2n) is 3.22. The zero-order valence-electron chi connectivity index (χ0n) is 8.18. The minimum Gasteiger partial charge on any atom is -0.463 e. The second-order valence-corrected chi connectivity index (χ2v) is 3.61. The highest BCUT2D eigenvalue weighted by atomic mass is 35.5. The van der Waals surface area contributed by atoms with Gasteiger partial charge in [-0.05, 0) is 12.1 Å². The number of halogens is 1. The van der Waals surface area contributed by atoms with Crippen LogP contribution in [0.25, 0.3) is 0 Å². The summed E-state index contributed by atoms with van der Waals surface area (Å²) < 4.78 is 9.62. The largest absolute Gasteiger partial charge is 0.463 e. The number of nitrogens with zero attached hydrogens (tertiary/aromatic N) is 1. The van der Waals surface area contributed by atoms with Crippen molar-refractivity contribution in [2.45, 2.75) is 12.5 Å². The van der Waals surface area contributed by atoms with Gasteiger partial charge in [0.05, 0.1) is 12.2 Å². The van der Waals surface area contributed by atoms with Gasteiger partial charge in [-0.15, -0.1) is 0 Å². The normalized spacial score (nSPS) is 19.3. The Balaban J connectivity index is 2.02. The van der Waals surface area contributed by atoms with Crippen molar-refractivity contribution < 1.29 is 19.1 Å². The van der Waals surface area contributed by atoms with Crippen molar-refractivity contribution in [3.63, 3.8) is 0 Å². The number of carbonyl (C=O) groups is 2. The quantitative estimate of drug-likeness (QED) is 0.575. The Morgan fingerprint density at radius 3 is 2.94 bits per heavy atom. The second kappa shape index (κ2) is 4.49. The molecule has 2 rings (SSSR count). The van der Waals surface area contributed by atoms with Gasteiger partial charge in [0.2, 0.25) is 6.10 Å². The third-order valence-corrected chi connectivity index (χ3v) is 2.32. The van der Waals surface area contributed by atoms with Crippen LogP contribution in [0.5, 0.6) is 0 Å². The van der Waals surface area contributed by atoms with E-state index >= 15 is 0 Å². The van der Waals surface area contributed by atoms with Gasteiger partial charge in [0.15, 0.2) is 0 Å². The number of hydrogen-bond donors (Lipinski definition) is 0. The van der Waals surface area contributed by atoms with Gasteiger partial charge in [0.1, 0.15) is 5.15 Å². The summed E-state index contributed by atoms with van der Waals surface area (Å²) in [6.45, 7) is 0.287. The third-order valence-electron chi connectivity index (χ3n) is 2.10. The maximum atomic E-state index is 11.5. The lowest BCUT2D eigenvalue weighted by atomic mass is 10.2. The molecule has 2 heterocycles. The van der Waals surface area contributed by atoms with Gasteiger partial charge in [-0.1, -0.05) is 11.6 Å². The molecule has 1 aromatic rings. The van der Waals surface area contributed by atoms with Crippen molar-refractivity contribution in [2.75, 3.05) is 6.61 Å². The van der Waals surface area contributed by atoms with E-state index in [2.05, 4.69) is 9.72 Å². The van der Waals surface area contributed by atoms with E-state index in [1.165, 1.54) is 18.3 Å². The molecule has 1 atom stereocenters. The van der Waals surface area contributed by atoms with Crippen LogP contribution in [-0.2, 0) is 14.3 Å². The van der Waals surface area contributed by atoms with Crippen LogP contribution in [0.3, 0.4) is 0 Å². The van der Waals surface area contributed by atoms with Crippen LogP contribution < -0.4 is 0 Å². The lowest BCUT2D eigenvalue weighted by molar-refractivity contribution is -0.145. The van der Waals surface area contributed by atoms with Crippen LogP contribution in [-0.4, -0.2) is 29.6 Å². The highest BCUT2D eigenvalue weighted by molar-refractivity contribution is 6.29. The fourth-order valence-corrected chi connectivity index (χ4v) is 1.39. The van der Waals surface area contributed by atoms with E-state index in [1.54, 1.807) is 0 Å². The van der Waals surface area contributed by atoms with Crippen LogP contribution in [0.2, 0.25) is 5.15 Å². The highest BCUT2D eigenvalue weighted by Gasteiger charge is 2.30. The van der Waals surface area contributed by atoms with E-state index in [1.807, 2.05) is 0 Å². The first-order chi connectivity index (χ1) is 7.66. The summed E-state index contributed by atoms with van der Waals surface area (Å²) in [6.07, 6.45) is 0.888. The third kappa shape index (κ3) is 2.30. The molecule has 1 fully saturated rings. The van der Waals surface area contributed by atoms with Crippen LogP contribution in [0.1, 0.15) is 16.8 Å². The van der Waals surface area contributed by atoms with E-state index in [4.69, 9.17) is 16.3 Å². The predicted octanol–water partition coefficient (Wildman–Crippen LogP) is 1.21. The molecule has 16 heavy (non-hydrogen) atoms. The Labute approximate surface area is 96.3 Å². The zero-order chi connectivity index (χ0) is 11.5. The molecule has 0 amide bonds. The van der Waals surface area contributed by atoms with E-state index in [0.717, 1.165) is 0 Å². The number of carbonyl (C=O) groups excluding carboxylic acids is 2. The molecular formula is C10H8ClNO4. The number of cyclic esters (lactones) is 1. The average Bonchev–Trinajstić information content (AvgIpc) is 2.65. The van der Waals surface area contributed by atoms with E-state index in [-0.39, 0.29) is 17.3 Å². The van der Waals surface area contributed by atoms with Crippen LogP contribution >= 0.6 is 11.6 Å². The summed E-state index contributed by atoms with van der Waals surface area (Å²) in [7, 11) is 0. The van der Waals surface area contributed by atoms with Crippen molar-refractivity contribution in [3.8, 4) is 0 Å². The first-order valence-corrected chi connectivity index (χ1v) is 5.04. The van der Waals surface area contributed by atoms with E-state index in [0.29, 0.717) is 6.42 Å². The number of esters is 2. The van der Waals surface area contributed by atoms with Gasteiger partial charge in [0.25, 0.3) is 0 Å². The molecule has 0 bridgehead atoms. The molecule has 6 heteroatoms. The van der Waals surface area contributed by atoms with E-state index in [9.17, 15) is 9.59 Å². The molecule has 1 saturated heterocycles. The van der Waals surface area contributed by atoms with Gasteiger partial charge in [-0.2, -0.15) is 0 Å². The van der Waals surface area contributed by atoms with Gasteiger partial charge in [-0.3, -0.25) is 0 Å². The minimum atomic E-state index is -0.803. The molecule has 0 N–H and O–H groups in total. The van der Waals surface area contributed by atoms with Crippen LogP contribution in [0.4, 0.5) is 0 Å². The molecule has 0 aromatic carbocycles. The average molecular weight is 242 g/mol. The smallest absolute Gasteiger partial charge is 0.347 e. The molecule has 0 radical (unpaired) electrons. The number of ether oxygens (including phenoxy) is 2. The van der Waals surface area contributed by atoms with Gasteiger partial charge in [0, 0.05) is 12.6 Å². The molecular weight excluding hydrogens is 234 g/mol. The number of hydrogen-bond acceptors (Lipinski definition) is 5. The van der Waals surface area contributed by atoms with Gasteiger partial charge in [-0.25, -0.2) is 14.6 Å². The standard InChI is InChI=1S/C10H8ClNO4/c11-8-2-1-6(5-12-8)9(13)16-7-3-4-15-10(7)14/h1-2,5,7H,3-4H2. The molecule has 0 saturated carbocycles. The summed E-state index contributed by atoms with van der Waals surface area (Å²) in [4.78, 5) is 26.3. The van der Waals surface area contributed by atoms with Gasteiger partial charge < -0.3 is 9.47 Å². The molecule has 5 nitrogen and oxygen atoms in total. The summed E-state index contributed by atoms with van der Waals surface area (Å²) in [6, 6.07) is 2.96. The number of aromatic nitrogens is 1. The molecule has 0 aliphatic carbocycles. The molecule has 1 aliphatic rings. The summed E-state index contributed by atoms with van der Waals surface area (Å²) in [5.74, 6) is -1.11. The lowest BCUT2D eigenvalue weighted by Gasteiger charge is -2.07.